The summed E-state index contributed by atoms with van der Waals surface area (Å²) >= 11 is 1.29. The number of hydrogen-bond donors (Lipinski definition) is 1. The topological polar surface area (TPSA) is 35.6 Å². The fourth-order valence-electron chi connectivity index (χ4n) is 3.50. The maximum absolute atomic E-state index is 14.0. The minimum Gasteiger partial charge on any atom is -0.369 e. The van der Waals surface area contributed by atoms with Gasteiger partial charge in [-0.25, -0.2) is 4.39 Å². The van der Waals surface area contributed by atoms with Crippen molar-refractivity contribution in [1.82, 2.24) is 4.90 Å². The van der Waals surface area contributed by atoms with Gasteiger partial charge < -0.3 is 15.1 Å². The number of hydrogen-bond acceptors (Lipinski definition) is 4. The number of carbonyl (C=O) groups is 1. The maximum atomic E-state index is 14.0. The number of benzene rings is 2. The molecule has 1 N–H and O–H groups in total. The number of halogens is 1. The lowest BCUT2D eigenvalue weighted by Gasteiger charge is -2.34. The molecule has 4 nitrogen and oxygen atoms in total. The first-order valence-electron chi connectivity index (χ1n) is 9.71. The van der Waals surface area contributed by atoms with Crippen LogP contribution in [0.25, 0.3) is 10.4 Å². The Morgan fingerprint density at radius 3 is 2.52 bits per heavy atom. The van der Waals surface area contributed by atoms with E-state index < -0.39 is 0 Å². The lowest BCUT2D eigenvalue weighted by molar-refractivity contribution is 0.103. The van der Waals surface area contributed by atoms with E-state index in [-0.39, 0.29) is 11.7 Å². The number of aryl methyl sites for hydroxylation is 1. The normalized spacial score (nSPS) is 14.8. The molecule has 0 radical (unpaired) electrons. The standard InChI is InChI=1S/C23H24FN3OS/c1-16-15-17(27-13-11-26(2)12-14-27)7-8-20(16)25-23(28)22-10-9-21(29-22)18-5-3-4-6-19(18)24/h3-10,15H,11-14H2,1-2H3,(H,25,28). The second-order valence-electron chi connectivity index (χ2n) is 7.39. The molecule has 0 spiro atoms. The summed E-state index contributed by atoms with van der Waals surface area (Å²) in [7, 11) is 2.14. The largest absolute Gasteiger partial charge is 0.369 e. The molecule has 0 saturated carbocycles. The van der Waals surface area contributed by atoms with Gasteiger partial charge in [0.15, 0.2) is 0 Å². The predicted octanol–water partition coefficient (Wildman–Crippen LogP) is 4.87. The number of thiophene rings is 1. The van der Waals surface area contributed by atoms with Crippen LogP contribution in [-0.4, -0.2) is 44.0 Å². The van der Waals surface area contributed by atoms with Crippen molar-refractivity contribution in [3.8, 4) is 10.4 Å². The minimum atomic E-state index is -0.281. The highest BCUT2D eigenvalue weighted by Gasteiger charge is 2.16. The molecule has 0 unspecified atom stereocenters. The van der Waals surface area contributed by atoms with Crippen molar-refractivity contribution in [3.05, 3.63) is 70.9 Å². The van der Waals surface area contributed by atoms with Crippen LogP contribution in [0, 0.1) is 12.7 Å². The van der Waals surface area contributed by atoms with Crippen LogP contribution in [0.2, 0.25) is 0 Å². The molecule has 4 rings (SSSR count). The van der Waals surface area contributed by atoms with Crippen LogP contribution in [0.4, 0.5) is 15.8 Å². The first-order valence-corrected chi connectivity index (χ1v) is 10.5. The van der Waals surface area contributed by atoms with Gasteiger partial charge >= 0.3 is 0 Å². The van der Waals surface area contributed by atoms with Gasteiger partial charge in [-0.15, -0.1) is 11.3 Å². The van der Waals surface area contributed by atoms with E-state index in [4.69, 9.17) is 0 Å². The van der Waals surface area contributed by atoms with E-state index in [2.05, 4.69) is 34.3 Å². The molecular formula is C23H24FN3OS. The summed E-state index contributed by atoms with van der Waals surface area (Å²) in [5.41, 5.74) is 3.53. The average Bonchev–Trinajstić information content (AvgIpc) is 3.20. The summed E-state index contributed by atoms with van der Waals surface area (Å²) < 4.78 is 14.0. The molecule has 6 heteroatoms. The Balaban J connectivity index is 1.47. The number of nitrogens with zero attached hydrogens (tertiary/aromatic N) is 2. The Hall–Kier alpha value is -2.70. The third kappa shape index (κ3) is 4.33. The lowest BCUT2D eigenvalue weighted by Crippen LogP contribution is -2.44. The van der Waals surface area contributed by atoms with E-state index in [1.807, 2.05) is 13.0 Å². The molecule has 150 valence electrons. The Bertz CT molecular complexity index is 1020. The van der Waals surface area contributed by atoms with Crippen LogP contribution in [0.15, 0.2) is 54.6 Å². The summed E-state index contributed by atoms with van der Waals surface area (Å²) in [6.07, 6.45) is 0. The zero-order chi connectivity index (χ0) is 20.4. The van der Waals surface area contributed by atoms with Crippen molar-refractivity contribution >= 4 is 28.6 Å². The SMILES string of the molecule is Cc1cc(N2CCN(C)CC2)ccc1NC(=O)c1ccc(-c2ccccc2F)s1. The first-order chi connectivity index (χ1) is 14.0. The molecule has 0 aliphatic carbocycles. The van der Waals surface area contributed by atoms with Crippen molar-refractivity contribution < 1.29 is 9.18 Å². The fourth-order valence-corrected chi connectivity index (χ4v) is 4.43. The number of amides is 1. The van der Waals surface area contributed by atoms with Crippen molar-refractivity contribution in [2.75, 3.05) is 43.4 Å². The van der Waals surface area contributed by atoms with Crippen molar-refractivity contribution in [2.45, 2.75) is 6.92 Å². The first kappa shape index (κ1) is 19.6. The number of anilines is 2. The van der Waals surface area contributed by atoms with Gasteiger partial charge in [-0.3, -0.25) is 4.79 Å². The van der Waals surface area contributed by atoms with Crippen molar-refractivity contribution in [1.29, 1.82) is 0 Å². The van der Waals surface area contributed by atoms with E-state index in [1.54, 1.807) is 30.3 Å². The van der Waals surface area contributed by atoms with Crippen LogP contribution in [0.1, 0.15) is 15.2 Å². The molecular weight excluding hydrogens is 385 g/mol. The van der Waals surface area contributed by atoms with Gasteiger partial charge in [-0.1, -0.05) is 18.2 Å². The molecule has 1 fully saturated rings. The van der Waals surface area contributed by atoms with Crippen LogP contribution in [0.3, 0.4) is 0 Å². The van der Waals surface area contributed by atoms with Crippen molar-refractivity contribution in [3.63, 3.8) is 0 Å². The highest BCUT2D eigenvalue weighted by molar-refractivity contribution is 7.17. The third-order valence-corrected chi connectivity index (χ3v) is 6.41. The maximum Gasteiger partial charge on any atom is 0.265 e. The summed E-state index contributed by atoms with van der Waals surface area (Å²) in [6.45, 7) is 6.14. The smallest absolute Gasteiger partial charge is 0.265 e. The van der Waals surface area contributed by atoms with Crippen LogP contribution < -0.4 is 10.2 Å². The molecule has 0 bridgehead atoms. The van der Waals surface area contributed by atoms with E-state index in [1.165, 1.54) is 23.1 Å². The number of nitrogens with one attached hydrogen (secondary N) is 1. The summed E-state index contributed by atoms with van der Waals surface area (Å²) in [5.74, 6) is -0.454. The van der Waals surface area contributed by atoms with Crippen LogP contribution >= 0.6 is 11.3 Å². The highest BCUT2D eigenvalue weighted by Crippen LogP contribution is 2.31. The fraction of sp³-hybridized carbons (Fsp3) is 0.261. The van der Waals surface area contributed by atoms with Crippen LogP contribution in [0.5, 0.6) is 0 Å². The van der Waals surface area contributed by atoms with Crippen molar-refractivity contribution in [2.24, 2.45) is 0 Å². The molecule has 2 heterocycles. The third-order valence-electron chi connectivity index (χ3n) is 5.30. The lowest BCUT2D eigenvalue weighted by atomic mass is 10.1. The molecule has 1 amide bonds. The average molecular weight is 410 g/mol. The van der Waals surface area contributed by atoms with E-state index in [9.17, 15) is 9.18 Å². The van der Waals surface area contributed by atoms with Gasteiger partial charge in [0, 0.05) is 48.0 Å². The Kier molecular flexibility index (Phi) is 5.65. The predicted molar refractivity (Wildman–Crippen MR) is 119 cm³/mol. The molecule has 1 aliphatic heterocycles. The monoisotopic (exact) mass is 409 g/mol. The van der Waals surface area contributed by atoms with Gasteiger partial charge in [0.05, 0.1) is 4.88 Å². The van der Waals surface area contributed by atoms with Gasteiger partial charge in [0.25, 0.3) is 5.91 Å². The van der Waals surface area contributed by atoms with E-state index in [0.717, 1.165) is 42.3 Å². The number of likely N-dealkylation sites (N-methyl/N-ethyl adjacent to an activating group) is 1. The highest BCUT2D eigenvalue weighted by atomic mass is 32.1. The zero-order valence-corrected chi connectivity index (χ0v) is 17.4. The van der Waals surface area contributed by atoms with E-state index >= 15 is 0 Å². The summed E-state index contributed by atoms with van der Waals surface area (Å²) in [5, 5.41) is 2.99. The molecule has 1 saturated heterocycles. The van der Waals surface area contributed by atoms with Gasteiger partial charge in [0.2, 0.25) is 0 Å². The number of piperazine rings is 1. The second kappa shape index (κ2) is 8.35. The molecule has 1 aromatic heterocycles. The Labute approximate surface area is 174 Å². The Morgan fingerprint density at radius 1 is 1.03 bits per heavy atom. The molecule has 0 atom stereocenters. The van der Waals surface area contributed by atoms with Crippen LogP contribution in [-0.2, 0) is 0 Å². The number of carbonyl (C=O) groups excluding carboxylic acids is 1. The minimum absolute atomic E-state index is 0.173. The van der Waals surface area contributed by atoms with E-state index in [0.29, 0.717) is 10.4 Å². The summed E-state index contributed by atoms with van der Waals surface area (Å²) in [6, 6.07) is 16.3. The van der Waals surface area contributed by atoms with Gasteiger partial charge in [0.1, 0.15) is 5.82 Å². The molecule has 29 heavy (non-hydrogen) atoms. The quantitative estimate of drug-likeness (QED) is 0.668. The molecule has 2 aromatic carbocycles. The molecule has 1 aliphatic rings. The zero-order valence-electron chi connectivity index (χ0n) is 16.6. The second-order valence-corrected chi connectivity index (χ2v) is 8.47. The van der Waals surface area contributed by atoms with Gasteiger partial charge in [-0.05, 0) is 55.9 Å². The van der Waals surface area contributed by atoms with Gasteiger partial charge in [-0.2, -0.15) is 0 Å². The Morgan fingerprint density at radius 2 is 1.79 bits per heavy atom. The number of rotatable bonds is 4. The molecule has 3 aromatic rings. The summed E-state index contributed by atoms with van der Waals surface area (Å²) in [4.78, 5) is 18.7.